The lowest BCUT2D eigenvalue weighted by molar-refractivity contribution is 0.254. The summed E-state index contributed by atoms with van der Waals surface area (Å²) in [7, 11) is 6.76. The van der Waals surface area contributed by atoms with Crippen LogP contribution in [-0.4, -0.2) is 50.7 Å². The predicted molar refractivity (Wildman–Crippen MR) is 96.3 cm³/mol. The van der Waals surface area contributed by atoms with Crippen LogP contribution < -0.4 is 10.6 Å². The molecule has 1 aromatic rings. The number of rotatable bonds is 2. The van der Waals surface area contributed by atoms with E-state index in [-0.39, 0.29) is 11.2 Å². The summed E-state index contributed by atoms with van der Waals surface area (Å²) in [4.78, 5) is 16.4. The van der Waals surface area contributed by atoms with Crippen molar-refractivity contribution in [1.82, 2.24) is 10.2 Å². The number of anilines is 1. The topological polar surface area (TPSA) is 66.0 Å². The molecule has 0 heterocycles. The maximum absolute atomic E-state index is 10.9. The van der Waals surface area contributed by atoms with E-state index in [1.807, 2.05) is 14.1 Å². The Morgan fingerprint density at radius 1 is 1.36 bits per heavy atom. The number of benzene rings is 1. The maximum Gasteiger partial charge on any atom is 0.318 e. The van der Waals surface area contributed by atoms with Gasteiger partial charge in [0, 0.05) is 26.8 Å². The van der Waals surface area contributed by atoms with E-state index in [0.717, 1.165) is 0 Å². The number of nitrogens with one attached hydrogen (secondary N) is 2. The van der Waals surface area contributed by atoms with Crippen molar-refractivity contribution in [3.05, 3.63) is 28.2 Å². The van der Waals surface area contributed by atoms with Crippen LogP contribution in [0.2, 0.25) is 10.0 Å². The molecule has 0 aliphatic carbocycles. The normalized spacial score (nSPS) is 9.55. The molecule has 6 nitrogen and oxygen atoms in total. The van der Waals surface area contributed by atoms with Gasteiger partial charge in [-0.3, -0.25) is 0 Å². The van der Waals surface area contributed by atoms with Crippen molar-refractivity contribution in [3.8, 4) is 0 Å². The van der Waals surface area contributed by atoms with E-state index in [2.05, 4.69) is 32.6 Å². The molecule has 1 rings (SSSR count). The molecule has 0 saturated carbocycles. The van der Waals surface area contributed by atoms with Crippen LogP contribution in [0, 0.1) is 0 Å². The van der Waals surface area contributed by atoms with Crippen molar-refractivity contribution in [2.75, 3.05) is 33.6 Å². The first kappa shape index (κ1) is 20.4. The molecule has 0 atom stereocenters. The fraction of sp³-hybridized carbons (Fsp3) is 0.308. The molecule has 0 fully saturated rings. The SMILES string of the molecule is CNC(=O)Nc1ccc(Cl)c(Cl)c1.COC(=S)N=CN(C)C. The molecule has 0 unspecified atom stereocenters. The molecule has 1 aromatic carbocycles. The van der Waals surface area contributed by atoms with Gasteiger partial charge >= 0.3 is 6.03 Å². The van der Waals surface area contributed by atoms with Gasteiger partial charge in [-0.1, -0.05) is 23.2 Å². The number of ether oxygens (including phenoxy) is 1. The Kier molecular flexibility index (Phi) is 10.3. The summed E-state index contributed by atoms with van der Waals surface area (Å²) in [6.45, 7) is 0. The lowest BCUT2D eigenvalue weighted by atomic mass is 10.3. The largest absolute Gasteiger partial charge is 0.473 e. The minimum atomic E-state index is -0.293. The van der Waals surface area contributed by atoms with Crippen molar-refractivity contribution in [1.29, 1.82) is 0 Å². The minimum absolute atomic E-state index is 0.253. The number of carbonyl (C=O) groups is 1. The second-order valence-corrected chi connectivity index (χ2v) is 5.17. The number of aliphatic imine (C=N–C) groups is 1. The number of amides is 2. The third-order valence-corrected chi connectivity index (χ3v) is 2.98. The minimum Gasteiger partial charge on any atom is -0.473 e. The van der Waals surface area contributed by atoms with Crippen LogP contribution in [0.15, 0.2) is 23.2 Å². The second-order valence-electron chi connectivity index (χ2n) is 4.01. The zero-order valence-electron chi connectivity index (χ0n) is 12.7. The molecular weight excluding hydrogens is 347 g/mol. The van der Waals surface area contributed by atoms with Crippen molar-refractivity contribution in [2.45, 2.75) is 0 Å². The summed E-state index contributed by atoms with van der Waals surface area (Å²) in [5.41, 5.74) is 0.605. The van der Waals surface area contributed by atoms with E-state index in [1.54, 1.807) is 29.4 Å². The molecule has 22 heavy (non-hydrogen) atoms. The molecule has 0 saturated heterocycles. The maximum atomic E-state index is 10.9. The summed E-state index contributed by atoms with van der Waals surface area (Å²) in [6.07, 6.45) is 1.59. The van der Waals surface area contributed by atoms with Crippen LogP contribution in [-0.2, 0) is 4.74 Å². The van der Waals surface area contributed by atoms with Gasteiger partial charge in [-0.15, -0.1) is 0 Å². The summed E-state index contributed by atoms with van der Waals surface area (Å²) in [6, 6.07) is 4.58. The van der Waals surface area contributed by atoms with Gasteiger partial charge < -0.3 is 20.3 Å². The lowest BCUT2D eigenvalue weighted by Crippen LogP contribution is -2.24. The summed E-state index contributed by atoms with van der Waals surface area (Å²) < 4.78 is 4.61. The van der Waals surface area contributed by atoms with Crippen LogP contribution in [0.3, 0.4) is 0 Å². The third-order valence-electron chi connectivity index (χ3n) is 1.97. The van der Waals surface area contributed by atoms with Crippen molar-refractivity contribution < 1.29 is 9.53 Å². The van der Waals surface area contributed by atoms with E-state index in [4.69, 9.17) is 23.2 Å². The van der Waals surface area contributed by atoms with E-state index in [1.165, 1.54) is 14.2 Å². The molecular formula is C13H18Cl2N4O2S. The van der Waals surface area contributed by atoms with Gasteiger partial charge in [-0.05, 0) is 30.4 Å². The molecule has 0 aliphatic heterocycles. The van der Waals surface area contributed by atoms with Gasteiger partial charge in [0.1, 0.15) is 0 Å². The molecule has 2 N–H and O–H groups in total. The predicted octanol–water partition coefficient (Wildman–Crippen LogP) is 3.25. The van der Waals surface area contributed by atoms with Crippen molar-refractivity contribution >= 4 is 58.7 Å². The lowest BCUT2D eigenvalue weighted by Gasteiger charge is -2.04. The summed E-state index contributed by atoms with van der Waals surface area (Å²) in [5, 5.41) is 6.12. The van der Waals surface area contributed by atoms with Gasteiger partial charge in [-0.25, -0.2) is 4.79 Å². The highest BCUT2D eigenvalue weighted by molar-refractivity contribution is 7.80. The van der Waals surface area contributed by atoms with Crippen LogP contribution in [0.25, 0.3) is 0 Å². The fourth-order valence-corrected chi connectivity index (χ4v) is 1.33. The highest BCUT2D eigenvalue weighted by atomic mass is 35.5. The molecule has 0 aromatic heterocycles. The number of nitrogens with zero attached hydrogens (tertiary/aromatic N) is 2. The van der Waals surface area contributed by atoms with Crippen LogP contribution in [0.1, 0.15) is 0 Å². The molecule has 0 bridgehead atoms. The second kappa shape index (κ2) is 11.1. The van der Waals surface area contributed by atoms with Gasteiger partial charge in [-0.2, -0.15) is 4.99 Å². The summed E-state index contributed by atoms with van der Waals surface area (Å²) in [5.74, 6) is 0. The number of halogens is 2. The number of hydrogen-bond acceptors (Lipinski definition) is 3. The third kappa shape index (κ3) is 9.38. The first-order valence-electron chi connectivity index (χ1n) is 6.02. The number of urea groups is 1. The van der Waals surface area contributed by atoms with E-state index in [9.17, 15) is 4.79 Å². The highest BCUT2D eigenvalue weighted by Crippen LogP contribution is 2.24. The molecule has 0 spiro atoms. The Balaban J connectivity index is 0.000000433. The number of carbonyl (C=O) groups excluding carboxylic acids is 1. The van der Waals surface area contributed by atoms with Gasteiger partial charge in [0.25, 0.3) is 5.17 Å². The molecule has 9 heteroatoms. The molecule has 2 amide bonds. The van der Waals surface area contributed by atoms with E-state index < -0.39 is 0 Å². The van der Waals surface area contributed by atoms with Crippen LogP contribution in [0.5, 0.6) is 0 Å². The Bertz CT molecular complexity index is 539. The number of methoxy groups -OCH3 is 1. The van der Waals surface area contributed by atoms with Crippen LogP contribution in [0.4, 0.5) is 10.5 Å². The smallest absolute Gasteiger partial charge is 0.318 e. The van der Waals surface area contributed by atoms with Crippen molar-refractivity contribution in [2.24, 2.45) is 4.99 Å². The number of thiocarbonyl (C=S) groups is 1. The molecule has 122 valence electrons. The average Bonchev–Trinajstić information content (AvgIpc) is 2.49. The number of hydrogen-bond donors (Lipinski definition) is 2. The first-order valence-corrected chi connectivity index (χ1v) is 7.19. The molecule has 0 aliphatic rings. The average molecular weight is 365 g/mol. The zero-order chi connectivity index (χ0) is 17.1. The van der Waals surface area contributed by atoms with E-state index >= 15 is 0 Å². The van der Waals surface area contributed by atoms with Gasteiger partial charge in [0.15, 0.2) is 0 Å². The first-order chi connectivity index (χ1) is 10.3. The Morgan fingerprint density at radius 2 is 2.00 bits per heavy atom. The standard InChI is InChI=1S/C8H8Cl2N2O.C5H10N2OS/c1-11-8(13)12-5-2-3-6(9)7(10)4-5;1-7(2)4-6-5(9)8-3/h2-4H,1H3,(H2,11,12,13);4H,1-3H3. The van der Waals surface area contributed by atoms with Crippen molar-refractivity contribution in [3.63, 3.8) is 0 Å². The van der Waals surface area contributed by atoms with Gasteiger partial charge in [0.05, 0.1) is 23.5 Å². The highest BCUT2D eigenvalue weighted by Gasteiger charge is 2.01. The van der Waals surface area contributed by atoms with Crippen LogP contribution >= 0.6 is 35.4 Å². The zero-order valence-corrected chi connectivity index (χ0v) is 15.0. The quantitative estimate of drug-likeness (QED) is 0.480. The van der Waals surface area contributed by atoms with E-state index in [0.29, 0.717) is 15.7 Å². The Morgan fingerprint density at radius 3 is 2.45 bits per heavy atom. The Hall–Kier alpha value is -1.57. The Labute approximate surface area is 145 Å². The molecule has 0 radical (unpaired) electrons. The van der Waals surface area contributed by atoms with Gasteiger partial charge in [0.2, 0.25) is 0 Å². The monoisotopic (exact) mass is 364 g/mol. The summed E-state index contributed by atoms with van der Waals surface area (Å²) >= 11 is 16.1. The fourth-order valence-electron chi connectivity index (χ4n) is 0.983.